The molecule has 0 unspecified atom stereocenters. The number of hydrogen-bond acceptors (Lipinski definition) is 2. The normalized spacial score (nSPS) is 18.0. The molecular weight excluding hydrogens is 304 g/mol. The fourth-order valence-electron chi connectivity index (χ4n) is 3.27. The number of aliphatic imine (C=N–C) groups is 2. The van der Waals surface area contributed by atoms with Gasteiger partial charge in [-0.3, -0.25) is 9.98 Å². The van der Waals surface area contributed by atoms with Crippen molar-refractivity contribution < 1.29 is 0 Å². The Morgan fingerprint density at radius 2 is 1.08 bits per heavy atom. The second kappa shape index (κ2) is 7.02. The van der Waals surface area contributed by atoms with E-state index in [4.69, 9.17) is 0 Å². The Morgan fingerprint density at radius 3 is 1.56 bits per heavy atom. The van der Waals surface area contributed by atoms with Crippen LogP contribution in [0, 0.1) is 13.8 Å². The van der Waals surface area contributed by atoms with Crippen molar-refractivity contribution >= 4 is 22.6 Å². The first-order chi connectivity index (χ1) is 12.0. The smallest absolute Gasteiger partial charge is 0.0910 e. The average Bonchev–Trinajstić information content (AvgIpc) is 2.62. The van der Waals surface area contributed by atoms with Crippen molar-refractivity contribution in [1.29, 1.82) is 0 Å². The van der Waals surface area contributed by atoms with Gasteiger partial charge >= 0.3 is 0 Å². The van der Waals surface area contributed by atoms with Gasteiger partial charge in [0.25, 0.3) is 0 Å². The van der Waals surface area contributed by atoms with Gasteiger partial charge in [-0.15, -0.1) is 0 Å². The highest BCUT2D eigenvalue weighted by atomic mass is 14.8. The molecule has 2 aromatic carbocycles. The maximum absolute atomic E-state index is 4.61. The minimum Gasteiger partial charge on any atom is -0.286 e. The predicted molar refractivity (Wildman–Crippen MR) is 110 cm³/mol. The summed E-state index contributed by atoms with van der Waals surface area (Å²) >= 11 is 0. The monoisotopic (exact) mass is 328 g/mol. The lowest BCUT2D eigenvalue weighted by Crippen LogP contribution is -2.22. The summed E-state index contributed by atoms with van der Waals surface area (Å²) in [5.41, 5.74) is 10.3. The van der Waals surface area contributed by atoms with Gasteiger partial charge in [0.2, 0.25) is 0 Å². The van der Waals surface area contributed by atoms with Crippen molar-refractivity contribution in [3.63, 3.8) is 0 Å². The van der Waals surface area contributed by atoms with Crippen LogP contribution in [0.25, 0.3) is 11.1 Å². The first-order valence-corrected chi connectivity index (χ1v) is 8.56. The standard InChI is InChI=1S/C23H24N2/c1-15-6-10-18(11-7-15)20-14-17(3)21(23(25-5)22(20)24-4)19-12-8-16(2)9-13-19/h6-14H,1-5H3/b24-22-,25-23-. The maximum atomic E-state index is 4.61. The third kappa shape index (κ3) is 3.25. The Balaban J connectivity index is 2.20. The molecule has 0 fully saturated rings. The van der Waals surface area contributed by atoms with E-state index in [9.17, 15) is 0 Å². The van der Waals surface area contributed by atoms with E-state index in [2.05, 4.69) is 85.4 Å². The van der Waals surface area contributed by atoms with Crippen LogP contribution in [0.3, 0.4) is 0 Å². The third-order valence-corrected chi connectivity index (χ3v) is 4.62. The van der Waals surface area contributed by atoms with Gasteiger partial charge < -0.3 is 0 Å². The highest BCUT2D eigenvalue weighted by molar-refractivity contribution is 6.70. The molecule has 0 N–H and O–H groups in total. The molecule has 0 amide bonds. The van der Waals surface area contributed by atoms with Gasteiger partial charge in [0.15, 0.2) is 0 Å². The third-order valence-electron chi connectivity index (χ3n) is 4.62. The molecule has 126 valence electrons. The average molecular weight is 328 g/mol. The van der Waals surface area contributed by atoms with Crippen LogP contribution in [0.15, 0.2) is 70.2 Å². The van der Waals surface area contributed by atoms with Crippen LogP contribution >= 0.6 is 0 Å². The molecule has 25 heavy (non-hydrogen) atoms. The van der Waals surface area contributed by atoms with Crippen molar-refractivity contribution in [3.05, 3.63) is 82.4 Å². The van der Waals surface area contributed by atoms with Gasteiger partial charge in [0.05, 0.1) is 11.4 Å². The molecule has 2 heteroatoms. The molecule has 0 saturated carbocycles. The zero-order chi connectivity index (χ0) is 18.0. The summed E-state index contributed by atoms with van der Waals surface area (Å²) in [5, 5.41) is 0. The zero-order valence-electron chi connectivity index (χ0n) is 15.6. The summed E-state index contributed by atoms with van der Waals surface area (Å²) in [6.45, 7) is 6.36. The molecule has 2 nitrogen and oxygen atoms in total. The number of aryl methyl sites for hydroxylation is 2. The van der Waals surface area contributed by atoms with Gasteiger partial charge in [-0.25, -0.2) is 0 Å². The van der Waals surface area contributed by atoms with Gasteiger partial charge in [-0.1, -0.05) is 59.7 Å². The summed E-state index contributed by atoms with van der Waals surface area (Å²) in [6.07, 6.45) is 2.23. The van der Waals surface area contributed by atoms with E-state index in [0.717, 1.165) is 17.0 Å². The number of hydrogen-bond donors (Lipinski definition) is 0. The molecule has 1 aliphatic carbocycles. The second-order valence-corrected chi connectivity index (χ2v) is 6.49. The molecule has 0 aromatic heterocycles. The first kappa shape index (κ1) is 17.1. The topological polar surface area (TPSA) is 24.7 Å². The van der Waals surface area contributed by atoms with E-state index < -0.39 is 0 Å². The Hall–Kier alpha value is -2.74. The molecule has 0 bridgehead atoms. The fraction of sp³-hybridized carbons (Fsp3) is 0.217. The van der Waals surface area contributed by atoms with Gasteiger partial charge in [0.1, 0.15) is 0 Å². The number of nitrogens with zero attached hydrogens (tertiary/aromatic N) is 2. The van der Waals surface area contributed by atoms with Gasteiger partial charge in [-0.2, -0.15) is 0 Å². The Labute approximate surface area is 150 Å². The SMILES string of the molecule is C/N=C1/C(c2ccc(C)cc2)=CC(C)=C(c2ccc(C)cc2)/C1=N/C. The van der Waals surface area contributed by atoms with Crippen LogP contribution in [-0.4, -0.2) is 25.5 Å². The lowest BCUT2D eigenvalue weighted by Gasteiger charge is -2.23. The highest BCUT2D eigenvalue weighted by Gasteiger charge is 2.25. The Morgan fingerprint density at radius 1 is 0.600 bits per heavy atom. The molecule has 0 heterocycles. The van der Waals surface area contributed by atoms with E-state index in [1.807, 2.05) is 14.1 Å². The van der Waals surface area contributed by atoms with Crippen LogP contribution in [0.4, 0.5) is 0 Å². The minimum absolute atomic E-state index is 0.951. The van der Waals surface area contributed by atoms with E-state index in [-0.39, 0.29) is 0 Å². The molecule has 3 rings (SSSR count). The van der Waals surface area contributed by atoms with Crippen LogP contribution in [0.5, 0.6) is 0 Å². The molecule has 0 atom stereocenters. The summed E-state index contributed by atoms with van der Waals surface area (Å²) < 4.78 is 0. The summed E-state index contributed by atoms with van der Waals surface area (Å²) in [7, 11) is 3.69. The van der Waals surface area contributed by atoms with Crippen LogP contribution in [-0.2, 0) is 0 Å². The predicted octanol–water partition coefficient (Wildman–Crippen LogP) is 5.32. The quantitative estimate of drug-likeness (QED) is 0.667. The number of benzene rings is 2. The minimum atomic E-state index is 0.951. The van der Waals surface area contributed by atoms with Gasteiger partial charge in [-0.05, 0) is 43.5 Å². The lowest BCUT2D eigenvalue weighted by atomic mass is 9.82. The van der Waals surface area contributed by atoms with Crippen LogP contribution < -0.4 is 0 Å². The summed E-state index contributed by atoms with van der Waals surface area (Å²) in [6, 6.07) is 17.2. The molecule has 2 aromatic rings. The van der Waals surface area contributed by atoms with Crippen molar-refractivity contribution in [3.8, 4) is 0 Å². The van der Waals surface area contributed by atoms with E-state index in [0.29, 0.717) is 0 Å². The molecule has 0 aliphatic heterocycles. The van der Waals surface area contributed by atoms with E-state index >= 15 is 0 Å². The van der Waals surface area contributed by atoms with Crippen molar-refractivity contribution in [1.82, 2.24) is 0 Å². The Kier molecular flexibility index (Phi) is 4.80. The molecule has 1 aliphatic rings. The van der Waals surface area contributed by atoms with Crippen LogP contribution in [0.2, 0.25) is 0 Å². The molecule has 0 radical (unpaired) electrons. The molecule has 0 saturated heterocycles. The lowest BCUT2D eigenvalue weighted by molar-refractivity contribution is 1.39. The van der Waals surface area contributed by atoms with Gasteiger partial charge in [0, 0.05) is 25.2 Å². The van der Waals surface area contributed by atoms with Crippen molar-refractivity contribution in [2.24, 2.45) is 9.98 Å². The zero-order valence-corrected chi connectivity index (χ0v) is 15.6. The van der Waals surface area contributed by atoms with E-state index in [1.54, 1.807) is 0 Å². The summed E-state index contributed by atoms with van der Waals surface area (Å²) in [4.78, 5) is 9.20. The molecular formula is C23H24N2. The van der Waals surface area contributed by atoms with Crippen molar-refractivity contribution in [2.45, 2.75) is 20.8 Å². The highest BCUT2D eigenvalue weighted by Crippen LogP contribution is 2.33. The Bertz CT molecular complexity index is 906. The van der Waals surface area contributed by atoms with Crippen molar-refractivity contribution in [2.75, 3.05) is 14.1 Å². The summed E-state index contributed by atoms with van der Waals surface area (Å²) in [5.74, 6) is 0. The fourth-order valence-corrected chi connectivity index (χ4v) is 3.27. The largest absolute Gasteiger partial charge is 0.286 e. The maximum Gasteiger partial charge on any atom is 0.0910 e. The van der Waals surface area contributed by atoms with E-state index in [1.165, 1.54) is 33.4 Å². The number of rotatable bonds is 2. The first-order valence-electron chi connectivity index (χ1n) is 8.56. The molecule has 0 spiro atoms. The van der Waals surface area contributed by atoms with Crippen LogP contribution in [0.1, 0.15) is 29.2 Å². The number of allylic oxidation sites excluding steroid dienone is 4. The second-order valence-electron chi connectivity index (χ2n) is 6.49.